The maximum Gasteiger partial charge on any atom is 0.304 e. The van der Waals surface area contributed by atoms with Gasteiger partial charge in [0.1, 0.15) is 5.82 Å². The second kappa shape index (κ2) is 5.67. The van der Waals surface area contributed by atoms with Crippen LogP contribution in [-0.4, -0.2) is 25.2 Å². The third-order valence-electron chi connectivity index (χ3n) is 2.32. The number of nitrogens with zero attached hydrogens (tertiary/aromatic N) is 1. The second-order valence-electron chi connectivity index (χ2n) is 3.81. The minimum atomic E-state index is -3.90. The first-order valence-corrected chi connectivity index (χ1v) is 6.83. The predicted octanol–water partition coefficient (Wildman–Crippen LogP) is 1.22. The summed E-state index contributed by atoms with van der Waals surface area (Å²) in [6.07, 6.45) is -0.561. The molecule has 0 aliphatic rings. The van der Waals surface area contributed by atoms with Crippen molar-refractivity contribution in [2.75, 3.05) is 10.5 Å². The maximum absolute atomic E-state index is 13.4. The monoisotopic (exact) mass is 286 g/mol. The normalized spacial score (nSPS) is 10.8. The van der Waals surface area contributed by atoms with Gasteiger partial charge in [0.05, 0.1) is 29.5 Å². The van der Waals surface area contributed by atoms with Crippen LogP contribution in [0.25, 0.3) is 0 Å². The number of hydrogen-bond donors (Lipinski definition) is 2. The summed E-state index contributed by atoms with van der Waals surface area (Å²) in [4.78, 5) is 10.3. The molecule has 8 heteroatoms. The van der Waals surface area contributed by atoms with Crippen LogP contribution < -0.4 is 4.72 Å². The summed E-state index contributed by atoms with van der Waals surface area (Å²) in [5.41, 5.74) is -0.0566. The minimum absolute atomic E-state index is 0.0287. The van der Waals surface area contributed by atoms with E-state index >= 15 is 0 Å². The van der Waals surface area contributed by atoms with E-state index in [9.17, 15) is 17.6 Å². The fourth-order valence-corrected chi connectivity index (χ4v) is 2.38. The molecule has 0 aliphatic carbocycles. The molecule has 1 aromatic carbocycles. The van der Waals surface area contributed by atoms with Gasteiger partial charge in [-0.2, -0.15) is 5.26 Å². The predicted molar refractivity (Wildman–Crippen MR) is 65.5 cm³/mol. The fraction of sp³-hybridized carbons (Fsp3) is 0.273. The summed E-state index contributed by atoms with van der Waals surface area (Å²) in [6, 6.07) is 3.88. The van der Waals surface area contributed by atoms with Gasteiger partial charge >= 0.3 is 5.97 Å². The molecular weight excluding hydrogens is 275 g/mol. The number of carboxylic acid groups (broad SMARTS) is 1. The highest BCUT2D eigenvalue weighted by molar-refractivity contribution is 7.92. The first-order chi connectivity index (χ1) is 8.75. The number of hydrogen-bond acceptors (Lipinski definition) is 4. The Morgan fingerprint density at radius 2 is 2.16 bits per heavy atom. The lowest BCUT2D eigenvalue weighted by molar-refractivity contribution is -0.136. The second-order valence-corrected chi connectivity index (χ2v) is 5.65. The van der Waals surface area contributed by atoms with Crippen molar-refractivity contribution < 1.29 is 22.7 Å². The molecule has 1 aromatic rings. The molecule has 0 amide bonds. The van der Waals surface area contributed by atoms with Gasteiger partial charge < -0.3 is 5.11 Å². The zero-order valence-electron chi connectivity index (χ0n) is 9.97. The SMILES string of the molecule is Cc1c(F)cc(C#N)cc1NS(=O)(=O)CCC(=O)O. The van der Waals surface area contributed by atoms with Gasteiger partial charge in [-0.1, -0.05) is 0 Å². The number of carboxylic acids is 1. The molecule has 19 heavy (non-hydrogen) atoms. The molecule has 0 aromatic heterocycles. The van der Waals surface area contributed by atoms with E-state index in [1.807, 2.05) is 0 Å². The number of nitriles is 1. The van der Waals surface area contributed by atoms with Gasteiger partial charge in [0, 0.05) is 5.56 Å². The molecule has 0 atom stereocenters. The molecule has 0 aliphatic heterocycles. The zero-order valence-corrected chi connectivity index (χ0v) is 10.8. The molecule has 1 rings (SSSR count). The van der Waals surface area contributed by atoms with Crippen LogP contribution in [0.5, 0.6) is 0 Å². The van der Waals surface area contributed by atoms with Gasteiger partial charge in [-0.25, -0.2) is 12.8 Å². The number of aliphatic carboxylic acids is 1. The van der Waals surface area contributed by atoms with Crippen LogP contribution >= 0.6 is 0 Å². The van der Waals surface area contributed by atoms with Crippen LogP contribution in [0.1, 0.15) is 17.5 Å². The molecule has 0 saturated heterocycles. The van der Waals surface area contributed by atoms with Crippen LogP contribution in [0.15, 0.2) is 12.1 Å². The van der Waals surface area contributed by atoms with E-state index in [0.717, 1.165) is 6.07 Å². The van der Waals surface area contributed by atoms with Crippen molar-refractivity contribution in [1.29, 1.82) is 5.26 Å². The van der Waals surface area contributed by atoms with Crippen LogP contribution in [0.4, 0.5) is 10.1 Å². The third kappa shape index (κ3) is 4.22. The summed E-state index contributed by atoms with van der Waals surface area (Å²) >= 11 is 0. The van der Waals surface area contributed by atoms with Gasteiger partial charge in [0.15, 0.2) is 0 Å². The van der Waals surface area contributed by atoms with E-state index < -0.39 is 34.0 Å². The topological polar surface area (TPSA) is 107 Å². The third-order valence-corrected chi connectivity index (χ3v) is 3.60. The van der Waals surface area contributed by atoms with E-state index in [-0.39, 0.29) is 16.8 Å². The Morgan fingerprint density at radius 3 is 2.68 bits per heavy atom. The van der Waals surface area contributed by atoms with Crippen molar-refractivity contribution in [3.05, 3.63) is 29.1 Å². The Kier molecular flexibility index (Phi) is 4.45. The Morgan fingerprint density at radius 1 is 1.53 bits per heavy atom. The van der Waals surface area contributed by atoms with Crippen LogP contribution in [0.2, 0.25) is 0 Å². The molecule has 0 heterocycles. The van der Waals surface area contributed by atoms with Gasteiger partial charge in [0.2, 0.25) is 10.0 Å². The number of halogens is 1. The summed E-state index contributed by atoms with van der Waals surface area (Å²) in [5, 5.41) is 17.1. The van der Waals surface area contributed by atoms with Crippen LogP contribution in [-0.2, 0) is 14.8 Å². The van der Waals surface area contributed by atoms with Crippen molar-refractivity contribution in [3.63, 3.8) is 0 Å². The fourth-order valence-electron chi connectivity index (χ4n) is 1.29. The molecule has 0 radical (unpaired) electrons. The molecule has 0 saturated carbocycles. The number of anilines is 1. The number of sulfonamides is 1. The number of nitrogens with one attached hydrogen (secondary N) is 1. The highest BCUT2D eigenvalue weighted by Crippen LogP contribution is 2.21. The van der Waals surface area contributed by atoms with E-state index in [0.29, 0.717) is 0 Å². The molecule has 0 unspecified atom stereocenters. The first kappa shape index (κ1) is 14.9. The zero-order chi connectivity index (χ0) is 14.6. The summed E-state index contributed by atoms with van der Waals surface area (Å²) in [6.45, 7) is 1.35. The standard InChI is InChI=1S/C11H11FN2O4S/c1-7-9(12)4-8(6-13)5-10(7)14-19(17,18)3-2-11(15)16/h4-5,14H,2-3H2,1H3,(H,15,16). The average Bonchev–Trinajstić information content (AvgIpc) is 2.32. The van der Waals surface area contributed by atoms with Crippen LogP contribution in [0.3, 0.4) is 0 Å². The van der Waals surface area contributed by atoms with Gasteiger partial charge in [-0.05, 0) is 19.1 Å². The Hall–Kier alpha value is -2.14. The molecule has 102 valence electrons. The largest absolute Gasteiger partial charge is 0.481 e. The highest BCUT2D eigenvalue weighted by Gasteiger charge is 2.16. The maximum atomic E-state index is 13.4. The number of carbonyl (C=O) groups is 1. The lowest BCUT2D eigenvalue weighted by Gasteiger charge is -2.10. The number of benzene rings is 1. The van der Waals surface area contributed by atoms with Crippen molar-refractivity contribution in [3.8, 4) is 6.07 Å². The Labute approximate surface area is 109 Å². The molecule has 0 fully saturated rings. The van der Waals surface area contributed by atoms with E-state index in [1.54, 1.807) is 6.07 Å². The average molecular weight is 286 g/mol. The summed E-state index contributed by atoms with van der Waals surface area (Å²) in [7, 11) is -3.90. The van der Waals surface area contributed by atoms with Crippen molar-refractivity contribution >= 4 is 21.7 Å². The summed E-state index contributed by atoms with van der Waals surface area (Å²) < 4.78 is 38.7. The van der Waals surface area contributed by atoms with E-state index in [1.165, 1.54) is 13.0 Å². The Bertz CT molecular complexity index is 649. The Balaban J connectivity index is 3.03. The van der Waals surface area contributed by atoms with Gasteiger partial charge in [-0.3, -0.25) is 9.52 Å². The molecule has 0 spiro atoms. The minimum Gasteiger partial charge on any atom is -0.481 e. The lowest BCUT2D eigenvalue weighted by Crippen LogP contribution is -2.19. The first-order valence-electron chi connectivity index (χ1n) is 5.17. The van der Waals surface area contributed by atoms with Crippen molar-refractivity contribution in [2.45, 2.75) is 13.3 Å². The van der Waals surface area contributed by atoms with Gasteiger partial charge in [-0.15, -0.1) is 0 Å². The number of rotatable bonds is 5. The molecule has 2 N–H and O–H groups in total. The molecule has 0 bridgehead atoms. The quantitative estimate of drug-likeness (QED) is 0.846. The van der Waals surface area contributed by atoms with Crippen molar-refractivity contribution in [2.24, 2.45) is 0 Å². The lowest BCUT2D eigenvalue weighted by atomic mass is 10.1. The van der Waals surface area contributed by atoms with Crippen molar-refractivity contribution in [1.82, 2.24) is 0 Å². The van der Waals surface area contributed by atoms with Gasteiger partial charge in [0.25, 0.3) is 0 Å². The molecule has 6 nitrogen and oxygen atoms in total. The summed E-state index contributed by atoms with van der Waals surface area (Å²) in [5.74, 6) is -2.59. The smallest absolute Gasteiger partial charge is 0.304 e. The van der Waals surface area contributed by atoms with E-state index in [4.69, 9.17) is 10.4 Å². The highest BCUT2D eigenvalue weighted by atomic mass is 32.2. The van der Waals surface area contributed by atoms with Crippen LogP contribution in [0, 0.1) is 24.1 Å². The van der Waals surface area contributed by atoms with E-state index in [2.05, 4.69) is 4.72 Å². The molecular formula is C11H11FN2O4S.